The normalized spacial score (nSPS) is 32.8. The molecule has 0 saturated heterocycles. The Morgan fingerprint density at radius 2 is 2.00 bits per heavy atom. The summed E-state index contributed by atoms with van der Waals surface area (Å²) in [7, 11) is 0. The van der Waals surface area contributed by atoms with Crippen molar-refractivity contribution in [3.8, 4) is 0 Å². The molecule has 0 amide bonds. The average Bonchev–Trinajstić information content (AvgIpc) is 2.17. The lowest BCUT2D eigenvalue weighted by atomic mass is 9.78. The molecule has 0 aliphatic heterocycles. The maximum atomic E-state index is 9.52. The maximum absolute atomic E-state index is 9.52. The third-order valence-electron chi connectivity index (χ3n) is 3.19. The van der Waals surface area contributed by atoms with Crippen molar-refractivity contribution in [1.82, 2.24) is 0 Å². The highest BCUT2D eigenvalue weighted by molar-refractivity contribution is 4.87. The molecule has 12 heavy (non-hydrogen) atoms. The molecule has 1 N–H and O–H groups in total. The minimum Gasteiger partial charge on any atom is -0.389 e. The molecule has 0 spiro atoms. The first-order valence-corrected chi connectivity index (χ1v) is 5.08. The van der Waals surface area contributed by atoms with Crippen LogP contribution in [0.3, 0.4) is 0 Å². The Morgan fingerprint density at radius 3 is 2.42 bits per heavy atom. The number of aliphatic hydroxyl groups excluding tert-OH is 1. The summed E-state index contributed by atoms with van der Waals surface area (Å²) in [4.78, 5) is 0. The van der Waals surface area contributed by atoms with E-state index in [2.05, 4.69) is 13.5 Å². The van der Waals surface area contributed by atoms with Gasteiger partial charge in [-0.2, -0.15) is 0 Å². The van der Waals surface area contributed by atoms with Crippen molar-refractivity contribution in [2.45, 2.75) is 45.1 Å². The largest absolute Gasteiger partial charge is 0.389 e. The quantitative estimate of drug-likeness (QED) is 0.642. The minimum atomic E-state index is -0.261. The highest BCUT2D eigenvalue weighted by Crippen LogP contribution is 2.32. The molecule has 0 aromatic carbocycles. The molecule has 1 aliphatic rings. The Hall–Kier alpha value is -0.300. The minimum absolute atomic E-state index is 0.261. The van der Waals surface area contributed by atoms with Gasteiger partial charge in [0.05, 0.1) is 6.10 Å². The Labute approximate surface area is 75.5 Å². The van der Waals surface area contributed by atoms with Gasteiger partial charge in [-0.3, -0.25) is 0 Å². The van der Waals surface area contributed by atoms with E-state index < -0.39 is 0 Å². The van der Waals surface area contributed by atoms with Gasteiger partial charge >= 0.3 is 0 Å². The Kier molecular flexibility index (Phi) is 3.80. The summed E-state index contributed by atoms with van der Waals surface area (Å²) < 4.78 is 0. The molecule has 0 aromatic heterocycles. The molecule has 1 unspecified atom stereocenters. The first kappa shape index (κ1) is 9.79. The van der Waals surface area contributed by atoms with Gasteiger partial charge in [0.1, 0.15) is 0 Å². The summed E-state index contributed by atoms with van der Waals surface area (Å²) in [6.45, 7) is 5.88. The maximum Gasteiger partial charge on any atom is 0.0746 e. The Morgan fingerprint density at radius 1 is 1.42 bits per heavy atom. The molecule has 1 atom stereocenters. The third-order valence-corrected chi connectivity index (χ3v) is 3.19. The summed E-state index contributed by atoms with van der Waals surface area (Å²) >= 11 is 0. The first-order valence-electron chi connectivity index (χ1n) is 5.08. The van der Waals surface area contributed by atoms with Crippen molar-refractivity contribution in [3.05, 3.63) is 12.7 Å². The average molecular weight is 168 g/mol. The first-order chi connectivity index (χ1) is 5.77. The molecule has 0 radical (unpaired) electrons. The molecular formula is C11H20O. The van der Waals surface area contributed by atoms with Crippen LogP contribution in [-0.2, 0) is 0 Å². The standard InChI is InChI=1S/C11H20O/c1-3-9-5-7-10(8-6-9)11(12)4-2/h4,9-12H,2-3,5-8H2,1H3. The van der Waals surface area contributed by atoms with Gasteiger partial charge in [0, 0.05) is 0 Å². The number of aliphatic hydroxyl groups is 1. The van der Waals surface area contributed by atoms with E-state index in [9.17, 15) is 5.11 Å². The fraction of sp³-hybridized carbons (Fsp3) is 0.818. The summed E-state index contributed by atoms with van der Waals surface area (Å²) in [6.07, 6.45) is 7.69. The fourth-order valence-electron chi connectivity index (χ4n) is 2.13. The second kappa shape index (κ2) is 4.66. The van der Waals surface area contributed by atoms with Crippen molar-refractivity contribution < 1.29 is 5.11 Å². The predicted octanol–water partition coefficient (Wildman–Crippen LogP) is 2.75. The van der Waals surface area contributed by atoms with E-state index in [1.807, 2.05) is 0 Å². The molecule has 1 saturated carbocycles. The van der Waals surface area contributed by atoms with Crippen LogP contribution in [0.15, 0.2) is 12.7 Å². The second-order valence-electron chi connectivity index (χ2n) is 3.92. The molecule has 0 bridgehead atoms. The van der Waals surface area contributed by atoms with Crippen LogP contribution >= 0.6 is 0 Å². The van der Waals surface area contributed by atoms with Crippen molar-refractivity contribution in [3.63, 3.8) is 0 Å². The summed E-state index contributed by atoms with van der Waals surface area (Å²) in [5, 5.41) is 9.52. The zero-order chi connectivity index (χ0) is 8.97. The molecule has 0 aromatic rings. The summed E-state index contributed by atoms with van der Waals surface area (Å²) in [5.41, 5.74) is 0. The van der Waals surface area contributed by atoms with E-state index in [0.717, 1.165) is 5.92 Å². The van der Waals surface area contributed by atoms with Gasteiger partial charge in [-0.15, -0.1) is 6.58 Å². The molecular weight excluding hydrogens is 148 g/mol. The fourth-order valence-corrected chi connectivity index (χ4v) is 2.13. The van der Waals surface area contributed by atoms with Gasteiger partial charge in [0.15, 0.2) is 0 Å². The van der Waals surface area contributed by atoms with Gasteiger partial charge in [-0.1, -0.05) is 32.3 Å². The molecule has 1 aliphatic carbocycles. The van der Waals surface area contributed by atoms with Crippen LogP contribution in [0, 0.1) is 11.8 Å². The van der Waals surface area contributed by atoms with Crippen LogP contribution in [0.5, 0.6) is 0 Å². The van der Waals surface area contributed by atoms with Crippen molar-refractivity contribution >= 4 is 0 Å². The van der Waals surface area contributed by atoms with E-state index in [4.69, 9.17) is 0 Å². The molecule has 1 rings (SSSR count). The van der Waals surface area contributed by atoms with E-state index >= 15 is 0 Å². The van der Waals surface area contributed by atoms with Crippen molar-refractivity contribution in [2.24, 2.45) is 11.8 Å². The van der Waals surface area contributed by atoms with Crippen molar-refractivity contribution in [2.75, 3.05) is 0 Å². The third kappa shape index (κ3) is 2.34. The van der Waals surface area contributed by atoms with Crippen LogP contribution < -0.4 is 0 Å². The number of hydrogen-bond donors (Lipinski definition) is 1. The molecule has 70 valence electrons. The van der Waals surface area contributed by atoms with Gasteiger partial charge in [-0.05, 0) is 24.7 Å². The van der Waals surface area contributed by atoms with Gasteiger partial charge < -0.3 is 5.11 Å². The van der Waals surface area contributed by atoms with Crippen LogP contribution in [0.4, 0.5) is 0 Å². The topological polar surface area (TPSA) is 20.2 Å². The second-order valence-corrected chi connectivity index (χ2v) is 3.92. The van der Waals surface area contributed by atoms with Crippen LogP contribution in [0.2, 0.25) is 0 Å². The Balaban J connectivity index is 2.30. The number of rotatable bonds is 3. The summed E-state index contributed by atoms with van der Waals surface area (Å²) in [5.74, 6) is 1.41. The zero-order valence-electron chi connectivity index (χ0n) is 8.00. The van der Waals surface area contributed by atoms with E-state index in [-0.39, 0.29) is 6.10 Å². The van der Waals surface area contributed by atoms with Crippen molar-refractivity contribution in [1.29, 1.82) is 0 Å². The monoisotopic (exact) mass is 168 g/mol. The smallest absolute Gasteiger partial charge is 0.0746 e. The predicted molar refractivity (Wildman–Crippen MR) is 51.9 cm³/mol. The Bertz CT molecular complexity index is 134. The highest BCUT2D eigenvalue weighted by atomic mass is 16.3. The lowest BCUT2D eigenvalue weighted by Crippen LogP contribution is -2.23. The van der Waals surface area contributed by atoms with Gasteiger partial charge in [0.2, 0.25) is 0 Å². The number of hydrogen-bond acceptors (Lipinski definition) is 1. The van der Waals surface area contributed by atoms with E-state index in [1.54, 1.807) is 6.08 Å². The van der Waals surface area contributed by atoms with Crippen LogP contribution in [0.25, 0.3) is 0 Å². The lowest BCUT2D eigenvalue weighted by molar-refractivity contribution is 0.110. The summed E-state index contributed by atoms with van der Waals surface area (Å²) in [6, 6.07) is 0. The van der Waals surface area contributed by atoms with E-state index in [1.165, 1.54) is 32.1 Å². The van der Waals surface area contributed by atoms with E-state index in [0.29, 0.717) is 5.92 Å². The van der Waals surface area contributed by atoms with Gasteiger partial charge in [-0.25, -0.2) is 0 Å². The van der Waals surface area contributed by atoms with Crippen LogP contribution in [0.1, 0.15) is 39.0 Å². The molecule has 1 nitrogen and oxygen atoms in total. The van der Waals surface area contributed by atoms with Crippen LogP contribution in [-0.4, -0.2) is 11.2 Å². The molecule has 1 fully saturated rings. The molecule has 1 heteroatoms. The lowest BCUT2D eigenvalue weighted by Gasteiger charge is -2.29. The SMILES string of the molecule is C=CC(O)C1CCC(CC)CC1. The van der Waals surface area contributed by atoms with Gasteiger partial charge in [0.25, 0.3) is 0 Å². The zero-order valence-corrected chi connectivity index (χ0v) is 8.00. The molecule has 0 heterocycles. The highest BCUT2D eigenvalue weighted by Gasteiger charge is 2.23.